The summed E-state index contributed by atoms with van der Waals surface area (Å²) < 4.78 is 3.16. The Morgan fingerprint density at radius 3 is 1.11 bits per heavy atom. The minimum absolute atomic E-state index is 0.761. The van der Waals surface area contributed by atoms with E-state index in [1.54, 1.807) is 0 Å². The molecule has 0 heterocycles. The Bertz CT molecular complexity index is 360. The fourth-order valence-electron chi connectivity index (χ4n) is 6.76. The lowest BCUT2D eigenvalue weighted by Gasteiger charge is -2.63. The molecule has 0 bridgehead atoms. The predicted octanol–water partition coefficient (Wildman–Crippen LogP) is 9.34. The molecule has 0 aromatic heterocycles. The average molecular weight is 412 g/mol. The molecule has 0 aromatic carbocycles. The zero-order valence-electron chi connectivity index (χ0n) is 21.2. The quantitative estimate of drug-likeness (QED) is 0.228. The molecule has 0 saturated carbocycles. The summed E-state index contributed by atoms with van der Waals surface area (Å²) >= 11 is 0. The largest absolute Gasteiger partial charge is 0.429 e. The van der Waals surface area contributed by atoms with Crippen molar-refractivity contribution in [2.24, 2.45) is 0 Å². The fourth-order valence-corrected chi connectivity index (χ4v) is 26.2. The van der Waals surface area contributed by atoms with Crippen molar-refractivity contribution in [2.75, 3.05) is 0 Å². The number of hydrogen-bond acceptors (Lipinski definition) is 1. The fraction of sp³-hybridized carbons (Fsp3) is 0.917. The highest BCUT2D eigenvalue weighted by atomic mass is 28.4. The van der Waals surface area contributed by atoms with Gasteiger partial charge in [-0.25, -0.2) is 0 Å². The van der Waals surface area contributed by atoms with Crippen LogP contribution in [0.5, 0.6) is 0 Å². The molecular weight excluding hydrogens is 358 g/mol. The summed E-state index contributed by atoms with van der Waals surface area (Å²) in [6.07, 6.45) is 9.00. The van der Waals surface area contributed by atoms with Crippen LogP contribution in [-0.4, -0.2) is 20.7 Å². The van der Waals surface area contributed by atoms with Crippen LogP contribution in [0.25, 0.3) is 0 Å². The van der Waals surface area contributed by atoms with Gasteiger partial charge in [-0.3, -0.25) is 0 Å². The maximum atomic E-state index is 3.16. The summed E-state index contributed by atoms with van der Waals surface area (Å²) in [6, 6.07) is 0. The Hall–Kier alpha value is -0.0262. The van der Waals surface area contributed by atoms with Crippen molar-refractivity contribution in [1.29, 1.82) is 0 Å². The standard InChI is InChI=1S/C24H53NSi2/c1-14-15-16-17-18-25(26(19(2)3,20(4)5)21(6)7)27(22(8)9,23(10)11)24(12)13/h17-24H,14-16H2,1-13H3. The van der Waals surface area contributed by atoms with Gasteiger partial charge in [0.1, 0.15) is 0 Å². The van der Waals surface area contributed by atoms with Gasteiger partial charge in [-0.2, -0.15) is 0 Å². The normalized spacial score (nSPS) is 14.2. The molecule has 1 nitrogen and oxygen atoms in total. The molecule has 162 valence electrons. The zero-order valence-corrected chi connectivity index (χ0v) is 23.2. The molecule has 0 aliphatic rings. The SMILES string of the molecule is CCCCC=CN([Si](C(C)C)(C(C)C)C(C)C)[Si](C(C)C)(C(C)C)C(C)C. The lowest BCUT2D eigenvalue weighted by molar-refractivity contribution is 0.596. The van der Waals surface area contributed by atoms with Gasteiger partial charge in [0.15, 0.2) is 16.5 Å². The number of nitrogens with zero attached hydrogens (tertiary/aromatic N) is 1. The van der Waals surface area contributed by atoms with Crippen LogP contribution in [0.4, 0.5) is 0 Å². The first-order valence-corrected chi connectivity index (χ1v) is 16.2. The van der Waals surface area contributed by atoms with Crippen LogP contribution in [0.1, 0.15) is 109 Å². The highest BCUT2D eigenvalue weighted by Gasteiger charge is 2.58. The van der Waals surface area contributed by atoms with E-state index in [9.17, 15) is 0 Å². The molecule has 27 heavy (non-hydrogen) atoms. The van der Waals surface area contributed by atoms with Gasteiger partial charge in [0.05, 0.1) is 0 Å². The van der Waals surface area contributed by atoms with Crippen molar-refractivity contribution >= 4 is 16.5 Å². The summed E-state index contributed by atoms with van der Waals surface area (Å²) in [5.74, 6) is 0. The molecule has 0 atom stereocenters. The third-order valence-electron chi connectivity index (χ3n) is 7.36. The van der Waals surface area contributed by atoms with E-state index in [1.165, 1.54) is 19.3 Å². The minimum Gasteiger partial charge on any atom is -0.429 e. The lowest BCUT2D eigenvalue weighted by Crippen LogP contribution is -2.71. The van der Waals surface area contributed by atoms with E-state index in [4.69, 9.17) is 0 Å². The van der Waals surface area contributed by atoms with Crippen molar-refractivity contribution in [3.05, 3.63) is 12.3 Å². The summed E-state index contributed by atoms with van der Waals surface area (Å²) in [6.45, 7) is 32.6. The first-order chi connectivity index (χ1) is 12.4. The maximum Gasteiger partial charge on any atom is 0.155 e. The van der Waals surface area contributed by atoms with E-state index in [0.29, 0.717) is 0 Å². The van der Waals surface area contributed by atoms with Crippen LogP contribution < -0.4 is 0 Å². The van der Waals surface area contributed by atoms with Crippen molar-refractivity contribution in [1.82, 2.24) is 4.23 Å². The number of rotatable bonds is 12. The van der Waals surface area contributed by atoms with E-state index >= 15 is 0 Å². The van der Waals surface area contributed by atoms with Crippen molar-refractivity contribution in [3.63, 3.8) is 0 Å². The monoisotopic (exact) mass is 411 g/mol. The summed E-state index contributed by atoms with van der Waals surface area (Å²) in [5, 5.41) is 0. The Morgan fingerprint density at radius 2 is 0.889 bits per heavy atom. The smallest absolute Gasteiger partial charge is 0.155 e. The van der Waals surface area contributed by atoms with Gasteiger partial charge in [-0.1, -0.05) is 109 Å². The molecule has 0 amide bonds. The van der Waals surface area contributed by atoms with Crippen LogP contribution >= 0.6 is 0 Å². The minimum atomic E-state index is -1.73. The van der Waals surface area contributed by atoms with E-state index < -0.39 is 16.5 Å². The van der Waals surface area contributed by atoms with Crippen molar-refractivity contribution in [2.45, 2.75) is 143 Å². The number of allylic oxidation sites excluding steroid dienone is 1. The van der Waals surface area contributed by atoms with Crippen LogP contribution in [0.15, 0.2) is 12.3 Å². The van der Waals surface area contributed by atoms with Crippen LogP contribution in [0.2, 0.25) is 33.2 Å². The molecule has 0 aromatic rings. The Labute approximate surface area is 175 Å². The molecule has 0 spiro atoms. The molecule has 0 unspecified atom stereocenters. The van der Waals surface area contributed by atoms with Crippen molar-refractivity contribution in [3.8, 4) is 0 Å². The first kappa shape index (κ1) is 27.0. The third-order valence-corrected chi connectivity index (χ3v) is 22.8. The van der Waals surface area contributed by atoms with Crippen LogP contribution in [-0.2, 0) is 0 Å². The van der Waals surface area contributed by atoms with E-state index in [1.807, 2.05) is 0 Å². The predicted molar refractivity (Wildman–Crippen MR) is 133 cm³/mol. The second-order valence-corrected chi connectivity index (χ2v) is 22.5. The summed E-state index contributed by atoms with van der Waals surface area (Å²) in [5.41, 5.74) is 4.56. The Morgan fingerprint density at radius 1 is 0.593 bits per heavy atom. The molecule has 0 aliphatic heterocycles. The summed E-state index contributed by atoms with van der Waals surface area (Å²) in [4.78, 5) is 0. The molecule has 0 radical (unpaired) electrons. The molecule has 0 aliphatic carbocycles. The summed E-state index contributed by atoms with van der Waals surface area (Å²) in [7, 11) is -3.47. The highest BCUT2D eigenvalue weighted by Crippen LogP contribution is 2.53. The number of hydrogen-bond donors (Lipinski definition) is 0. The van der Waals surface area contributed by atoms with Gasteiger partial charge < -0.3 is 4.23 Å². The number of unbranched alkanes of at least 4 members (excludes halogenated alkanes) is 2. The second-order valence-electron chi connectivity index (χ2n) is 10.6. The second kappa shape index (κ2) is 11.2. The van der Waals surface area contributed by atoms with Gasteiger partial charge in [0.2, 0.25) is 0 Å². The molecule has 0 saturated heterocycles. The molecular formula is C24H53NSi2. The first-order valence-electron chi connectivity index (χ1n) is 11.8. The van der Waals surface area contributed by atoms with Crippen LogP contribution in [0.3, 0.4) is 0 Å². The molecule has 3 heteroatoms. The lowest BCUT2D eigenvalue weighted by atomic mass is 10.2. The van der Waals surface area contributed by atoms with Crippen molar-refractivity contribution < 1.29 is 0 Å². The Kier molecular flexibility index (Phi) is 11.2. The highest BCUT2D eigenvalue weighted by molar-refractivity contribution is 6.96. The Balaban J connectivity index is 6.88. The third kappa shape index (κ3) is 5.12. The van der Waals surface area contributed by atoms with Gasteiger partial charge in [0.25, 0.3) is 0 Å². The average Bonchev–Trinajstić information content (AvgIpc) is 2.49. The van der Waals surface area contributed by atoms with Gasteiger partial charge >= 0.3 is 0 Å². The van der Waals surface area contributed by atoms with E-state index in [2.05, 4.69) is 107 Å². The van der Waals surface area contributed by atoms with E-state index in [0.717, 1.165) is 33.2 Å². The zero-order chi connectivity index (χ0) is 21.6. The maximum absolute atomic E-state index is 3.16. The topological polar surface area (TPSA) is 3.24 Å². The van der Waals surface area contributed by atoms with Crippen LogP contribution in [0, 0.1) is 0 Å². The van der Waals surface area contributed by atoms with Gasteiger partial charge in [-0.05, 0) is 45.9 Å². The van der Waals surface area contributed by atoms with Gasteiger partial charge in [0, 0.05) is 0 Å². The molecule has 0 N–H and O–H groups in total. The van der Waals surface area contributed by atoms with Gasteiger partial charge in [-0.15, -0.1) is 0 Å². The molecule has 0 rings (SSSR count). The molecule has 0 fully saturated rings. The van der Waals surface area contributed by atoms with E-state index in [-0.39, 0.29) is 0 Å².